The fraction of sp³-hybridized carbons (Fsp3) is 0.357. The molecule has 0 spiro atoms. The zero-order valence-electron chi connectivity index (χ0n) is 11.4. The number of rotatable bonds is 4. The van der Waals surface area contributed by atoms with Gasteiger partial charge in [0.1, 0.15) is 0 Å². The molecule has 3 N–H and O–H groups in total. The maximum atomic E-state index is 11.8. The summed E-state index contributed by atoms with van der Waals surface area (Å²) in [5.74, 6) is -0.715. The van der Waals surface area contributed by atoms with E-state index in [9.17, 15) is 14.4 Å². The summed E-state index contributed by atoms with van der Waals surface area (Å²) in [5, 5.41) is 3.07. The predicted octanol–water partition coefficient (Wildman–Crippen LogP) is 1.79. The van der Waals surface area contributed by atoms with E-state index in [4.69, 9.17) is 17.3 Å². The van der Waals surface area contributed by atoms with Gasteiger partial charge in [-0.1, -0.05) is 11.6 Å². The van der Waals surface area contributed by atoms with E-state index in [1.54, 1.807) is 18.2 Å². The molecule has 0 bridgehead atoms. The quantitative estimate of drug-likeness (QED) is 0.655. The molecule has 1 aliphatic heterocycles. The van der Waals surface area contributed by atoms with Crippen molar-refractivity contribution >= 4 is 40.7 Å². The number of amides is 3. The van der Waals surface area contributed by atoms with E-state index in [1.807, 2.05) is 0 Å². The monoisotopic (exact) mass is 309 g/mol. The van der Waals surface area contributed by atoms with Gasteiger partial charge in [-0.3, -0.25) is 19.3 Å². The summed E-state index contributed by atoms with van der Waals surface area (Å²) in [4.78, 5) is 36.2. The minimum absolute atomic E-state index is 0.0556. The highest BCUT2D eigenvalue weighted by Gasteiger charge is 2.25. The third kappa shape index (κ3) is 3.95. The van der Waals surface area contributed by atoms with Crippen LogP contribution in [-0.2, 0) is 14.4 Å². The largest absolute Gasteiger partial charge is 0.397 e. The number of hydrogen-bond acceptors (Lipinski definition) is 4. The first-order valence-corrected chi connectivity index (χ1v) is 7.03. The maximum Gasteiger partial charge on any atom is 0.229 e. The van der Waals surface area contributed by atoms with Gasteiger partial charge in [-0.05, 0) is 24.6 Å². The Hall–Kier alpha value is -2.08. The normalized spacial score (nSPS) is 15.2. The number of halogens is 1. The molecule has 21 heavy (non-hydrogen) atoms. The molecular formula is C14H16ClN3O3. The Bertz CT molecular complexity index is 573. The number of carbonyl (C=O) groups is 3. The van der Waals surface area contributed by atoms with Crippen molar-refractivity contribution in [3.8, 4) is 0 Å². The van der Waals surface area contributed by atoms with Crippen molar-refractivity contribution < 1.29 is 14.4 Å². The van der Waals surface area contributed by atoms with E-state index in [0.717, 1.165) is 4.90 Å². The van der Waals surface area contributed by atoms with Gasteiger partial charge in [0.15, 0.2) is 0 Å². The Morgan fingerprint density at radius 2 is 1.95 bits per heavy atom. The maximum absolute atomic E-state index is 11.8. The van der Waals surface area contributed by atoms with Gasteiger partial charge in [-0.2, -0.15) is 0 Å². The van der Waals surface area contributed by atoms with Crippen molar-refractivity contribution in [2.24, 2.45) is 0 Å². The third-order valence-electron chi connectivity index (χ3n) is 3.23. The molecule has 1 fully saturated rings. The number of piperidine rings is 1. The topological polar surface area (TPSA) is 92.5 Å². The van der Waals surface area contributed by atoms with Crippen LogP contribution in [0.3, 0.4) is 0 Å². The molecule has 1 saturated heterocycles. The zero-order chi connectivity index (χ0) is 15.4. The van der Waals surface area contributed by atoms with Gasteiger partial charge in [-0.15, -0.1) is 0 Å². The molecule has 2 rings (SSSR count). The number of nitrogens with zero attached hydrogens (tertiary/aromatic N) is 1. The number of benzene rings is 1. The standard InChI is InChI=1S/C14H16ClN3O3/c15-10-5-4-9(8-11(10)16)17-12(19)6-7-18-13(20)2-1-3-14(18)21/h4-5,8H,1-3,6-7,16H2,(H,17,19). The lowest BCUT2D eigenvalue weighted by Crippen LogP contribution is -2.41. The Balaban J connectivity index is 1.88. The van der Waals surface area contributed by atoms with Gasteiger partial charge < -0.3 is 11.1 Å². The first kappa shape index (κ1) is 15.3. The van der Waals surface area contributed by atoms with Crippen LogP contribution in [0.5, 0.6) is 0 Å². The average molecular weight is 310 g/mol. The van der Waals surface area contributed by atoms with Crippen LogP contribution in [0.15, 0.2) is 18.2 Å². The molecule has 0 aromatic heterocycles. The fourth-order valence-corrected chi connectivity index (χ4v) is 2.23. The molecular weight excluding hydrogens is 294 g/mol. The molecule has 112 valence electrons. The fourth-order valence-electron chi connectivity index (χ4n) is 2.11. The molecule has 1 aromatic rings. The van der Waals surface area contributed by atoms with Gasteiger partial charge >= 0.3 is 0 Å². The summed E-state index contributed by atoms with van der Waals surface area (Å²) in [6.07, 6.45) is 1.37. The molecule has 0 radical (unpaired) electrons. The molecule has 6 nitrogen and oxygen atoms in total. The highest BCUT2D eigenvalue weighted by atomic mass is 35.5. The van der Waals surface area contributed by atoms with Crippen molar-refractivity contribution in [3.63, 3.8) is 0 Å². The second-order valence-electron chi connectivity index (χ2n) is 4.83. The Kier molecular flexibility index (Phi) is 4.80. The lowest BCUT2D eigenvalue weighted by atomic mass is 10.1. The van der Waals surface area contributed by atoms with E-state index in [1.165, 1.54) is 0 Å². The van der Waals surface area contributed by atoms with E-state index >= 15 is 0 Å². The van der Waals surface area contributed by atoms with Gasteiger partial charge in [0.05, 0.1) is 10.7 Å². The van der Waals surface area contributed by atoms with Crippen molar-refractivity contribution in [1.82, 2.24) is 4.90 Å². The van der Waals surface area contributed by atoms with Crippen molar-refractivity contribution in [2.45, 2.75) is 25.7 Å². The van der Waals surface area contributed by atoms with Crippen LogP contribution < -0.4 is 11.1 Å². The second kappa shape index (κ2) is 6.58. The molecule has 7 heteroatoms. The van der Waals surface area contributed by atoms with Gasteiger partial charge in [-0.25, -0.2) is 0 Å². The van der Waals surface area contributed by atoms with E-state index in [-0.39, 0.29) is 30.7 Å². The first-order chi connectivity index (χ1) is 9.97. The molecule has 3 amide bonds. The Labute approximate surface area is 127 Å². The number of imide groups is 1. The van der Waals surface area contributed by atoms with E-state index < -0.39 is 0 Å². The number of nitrogens with one attached hydrogen (secondary N) is 1. The number of likely N-dealkylation sites (tertiary alicyclic amines) is 1. The summed E-state index contributed by atoms with van der Waals surface area (Å²) in [7, 11) is 0. The minimum Gasteiger partial charge on any atom is -0.397 e. The molecule has 1 aliphatic rings. The first-order valence-electron chi connectivity index (χ1n) is 6.65. The van der Waals surface area contributed by atoms with Crippen LogP contribution in [0.1, 0.15) is 25.7 Å². The smallest absolute Gasteiger partial charge is 0.229 e. The predicted molar refractivity (Wildman–Crippen MR) is 79.7 cm³/mol. The summed E-state index contributed by atoms with van der Waals surface area (Å²) in [5.41, 5.74) is 6.54. The van der Waals surface area contributed by atoms with E-state index in [0.29, 0.717) is 35.7 Å². The third-order valence-corrected chi connectivity index (χ3v) is 3.57. The van der Waals surface area contributed by atoms with Crippen LogP contribution in [0.2, 0.25) is 5.02 Å². The lowest BCUT2D eigenvalue weighted by Gasteiger charge is -2.24. The SMILES string of the molecule is Nc1cc(NC(=O)CCN2C(=O)CCCC2=O)ccc1Cl. The Morgan fingerprint density at radius 1 is 1.29 bits per heavy atom. The summed E-state index contributed by atoms with van der Waals surface area (Å²) < 4.78 is 0. The van der Waals surface area contributed by atoms with Crippen LogP contribution in [0, 0.1) is 0 Å². The van der Waals surface area contributed by atoms with Crippen molar-refractivity contribution in [1.29, 1.82) is 0 Å². The number of anilines is 2. The van der Waals surface area contributed by atoms with Crippen LogP contribution in [-0.4, -0.2) is 29.2 Å². The average Bonchev–Trinajstić information content (AvgIpc) is 2.42. The van der Waals surface area contributed by atoms with Gasteiger partial charge in [0.2, 0.25) is 17.7 Å². The van der Waals surface area contributed by atoms with E-state index in [2.05, 4.69) is 5.32 Å². The lowest BCUT2D eigenvalue weighted by molar-refractivity contribution is -0.148. The van der Waals surface area contributed by atoms with Crippen molar-refractivity contribution in [3.05, 3.63) is 23.2 Å². The van der Waals surface area contributed by atoms with Gasteiger partial charge in [0.25, 0.3) is 0 Å². The molecule has 0 saturated carbocycles. The van der Waals surface area contributed by atoms with Gasteiger partial charge in [0, 0.05) is 31.5 Å². The van der Waals surface area contributed by atoms with Crippen molar-refractivity contribution in [2.75, 3.05) is 17.6 Å². The van der Waals surface area contributed by atoms with Crippen LogP contribution in [0.4, 0.5) is 11.4 Å². The highest BCUT2D eigenvalue weighted by Crippen LogP contribution is 2.22. The molecule has 0 atom stereocenters. The second-order valence-corrected chi connectivity index (χ2v) is 5.23. The molecule has 1 aromatic carbocycles. The molecule has 0 aliphatic carbocycles. The number of nitrogens with two attached hydrogens (primary N) is 1. The molecule has 1 heterocycles. The molecule has 0 unspecified atom stereocenters. The number of nitrogen functional groups attached to an aromatic ring is 1. The van der Waals surface area contributed by atoms with Crippen LogP contribution in [0.25, 0.3) is 0 Å². The van der Waals surface area contributed by atoms with Crippen LogP contribution >= 0.6 is 11.6 Å². The number of hydrogen-bond donors (Lipinski definition) is 2. The minimum atomic E-state index is -0.289. The zero-order valence-corrected chi connectivity index (χ0v) is 12.2. The summed E-state index contributed by atoms with van der Waals surface area (Å²) >= 11 is 5.79. The Morgan fingerprint density at radius 3 is 2.57 bits per heavy atom. The number of carbonyl (C=O) groups excluding carboxylic acids is 3. The highest BCUT2D eigenvalue weighted by molar-refractivity contribution is 6.33. The summed E-state index contributed by atoms with van der Waals surface area (Å²) in [6.45, 7) is 0.104. The summed E-state index contributed by atoms with van der Waals surface area (Å²) in [6, 6.07) is 4.77.